The molecule has 0 atom stereocenters. The van der Waals surface area contributed by atoms with Crippen molar-refractivity contribution in [3.05, 3.63) is 41.0 Å². The number of Topliss-reactive ketones (excluding diaryl/α,β-unsaturated/α-hetero) is 1. The van der Waals surface area contributed by atoms with E-state index in [4.69, 9.17) is 0 Å². The van der Waals surface area contributed by atoms with E-state index in [1.54, 1.807) is 0 Å². The Morgan fingerprint density at radius 3 is 2.17 bits per heavy atom. The zero-order valence-corrected chi connectivity index (χ0v) is 11.6. The van der Waals surface area contributed by atoms with Crippen molar-refractivity contribution in [2.75, 3.05) is 0 Å². The molecule has 0 amide bonds. The van der Waals surface area contributed by atoms with Crippen LogP contribution < -0.4 is 0 Å². The fraction of sp³-hybridized carbons (Fsp3) is 0.471. The third kappa shape index (κ3) is 3.10. The van der Waals surface area contributed by atoms with E-state index in [0.717, 1.165) is 36.8 Å². The van der Waals surface area contributed by atoms with Crippen LogP contribution in [0.1, 0.15) is 57.6 Å². The molecule has 1 nitrogen and oxygen atoms in total. The molecule has 0 N–H and O–H groups in total. The molecule has 1 aromatic carbocycles. The summed E-state index contributed by atoms with van der Waals surface area (Å²) in [5.41, 5.74) is 3.67. The summed E-state index contributed by atoms with van der Waals surface area (Å²) < 4.78 is 0. The minimum Gasteiger partial charge on any atom is -0.295 e. The Hall–Kier alpha value is -1.37. The van der Waals surface area contributed by atoms with Crippen LogP contribution in [0.4, 0.5) is 0 Å². The van der Waals surface area contributed by atoms with Crippen molar-refractivity contribution in [2.45, 2.75) is 51.9 Å². The fourth-order valence-corrected chi connectivity index (χ4v) is 2.33. The second-order valence-corrected chi connectivity index (χ2v) is 6.17. The monoisotopic (exact) mass is 242 g/mol. The second-order valence-electron chi connectivity index (χ2n) is 6.17. The van der Waals surface area contributed by atoms with Crippen LogP contribution in [-0.4, -0.2) is 5.78 Å². The zero-order valence-electron chi connectivity index (χ0n) is 11.6. The number of carbonyl (C=O) groups excluding carboxylic acids is 1. The Labute approximate surface area is 110 Å². The third-order valence-corrected chi connectivity index (χ3v) is 3.58. The number of benzene rings is 1. The van der Waals surface area contributed by atoms with E-state index < -0.39 is 0 Å². The Balaban J connectivity index is 2.20. The van der Waals surface area contributed by atoms with Gasteiger partial charge in [-0.2, -0.15) is 0 Å². The average molecular weight is 242 g/mol. The molecule has 0 radical (unpaired) electrons. The van der Waals surface area contributed by atoms with Gasteiger partial charge in [-0.25, -0.2) is 0 Å². The number of rotatable bonds is 1. The molecule has 1 aliphatic carbocycles. The van der Waals surface area contributed by atoms with Gasteiger partial charge in [0.1, 0.15) is 0 Å². The van der Waals surface area contributed by atoms with E-state index in [9.17, 15) is 4.79 Å². The molecule has 1 saturated carbocycles. The lowest BCUT2D eigenvalue weighted by Crippen LogP contribution is -2.10. The maximum absolute atomic E-state index is 11.8. The molecule has 96 valence electrons. The summed E-state index contributed by atoms with van der Waals surface area (Å²) in [5.74, 6) is 0.334. The highest BCUT2D eigenvalue weighted by Gasteiger charge is 2.15. The first-order chi connectivity index (χ1) is 8.47. The Morgan fingerprint density at radius 1 is 1.00 bits per heavy atom. The molecular weight excluding hydrogens is 220 g/mol. The van der Waals surface area contributed by atoms with E-state index in [0.29, 0.717) is 5.78 Å². The lowest BCUT2D eigenvalue weighted by atomic mass is 9.86. The normalized spacial score (nSPS) is 19.3. The third-order valence-electron chi connectivity index (χ3n) is 3.58. The van der Waals surface area contributed by atoms with Gasteiger partial charge in [-0.15, -0.1) is 0 Å². The van der Waals surface area contributed by atoms with E-state index in [1.165, 1.54) is 5.56 Å². The van der Waals surface area contributed by atoms with Crippen molar-refractivity contribution in [1.82, 2.24) is 0 Å². The predicted octanol–water partition coefficient (Wildman–Crippen LogP) is 4.51. The first-order valence-corrected chi connectivity index (χ1v) is 6.81. The summed E-state index contributed by atoms with van der Waals surface area (Å²) >= 11 is 0. The maximum Gasteiger partial charge on any atom is 0.158 e. The smallest absolute Gasteiger partial charge is 0.158 e. The number of ketones is 1. The Morgan fingerprint density at radius 2 is 1.61 bits per heavy atom. The van der Waals surface area contributed by atoms with E-state index in [1.807, 2.05) is 0 Å². The lowest BCUT2D eigenvalue weighted by Gasteiger charge is -2.19. The first kappa shape index (κ1) is 13.1. The molecule has 1 aromatic rings. The topological polar surface area (TPSA) is 17.1 Å². The van der Waals surface area contributed by atoms with Crippen LogP contribution in [0.3, 0.4) is 0 Å². The van der Waals surface area contributed by atoms with Crippen LogP contribution in [0.15, 0.2) is 29.8 Å². The van der Waals surface area contributed by atoms with Gasteiger partial charge < -0.3 is 0 Å². The van der Waals surface area contributed by atoms with Crippen LogP contribution in [0.5, 0.6) is 0 Å². The van der Waals surface area contributed by atoms with Gasteiger partial charge in [-0.1, -0.05) is 45.0 Å². The molecule has 1 fully saturated rings. The van der Waals surface area contributed by atoms with E-state index in [2.05, 4.69) is 51.1 Å². The van der Waals surface area contributed by atoms with Gasteiger partial charge in [-0.05, 0) is 47.5 Å². The highest BCUT2D eigenvalue weighted by atomic mass is 16.1. The highest BCUT2D eigenvalue weighted by molar-refractivity contribution is 6.00. The summed E-state index contributed by atoms with van der Waals surface area (Å²) in [5, 5.41) is 0. The molecular formula is C17H22O. The average Bonchev–Trinajstić information content (AvgIpc) is 2.32. The van der Waals surface area contributed by atoms with Crippen molar-refractivity contribution >= 4 is 11.9 Å². The standard InChI is InChI=1S/C17H22O/c1-17(2,3)15-10-8-13(9-11-15)12-14-6-4-5-7-16(14)18/h8-12H,4-7H2,1-3H3. The summed E-state index contributed by atoms with van der Waals surface area (Å²) in [6.07, 6.45) is 5.94. The van der Waals surface area contributed by atoms with E-state index >= 15 is 0 Å². The minimum absolute atomic E-state index is 0.187. The second kappa shape index (κ2) is 5.09. The summed E-state index contributed by atoms with van der Waals surface area (Å²) in [7, 11) is 0. The summed E-state index contributed by atoms with van der Waals surface area (Å²) in [4.78, 5) is 11.8. The molecule has 0 bridgehead atoms. The SMILES string of the molecule is CC(C)(C)c1ccc(C=C2CCCCC2=O)cc1. The molecule has 1 aliphatic rings. The summed E-state index contributed by atoms with van der Waals surface area (Å²) in [6.45, 7) is 6.64. The van der Waals surface area contributed by atoms with Crippen molar-refractivity contribution < 1.29 is 4.79 Å². The number of hydrogen-bond acceptors (Lipinski definition) is 1. The lowest BCUT2D eigenvalue weighted by molar-refractivity contribution is -0.116. The van der Waals surface area contributed by atoms with Gasteiger partial charge in [0.25, 0.3) is 0 Å². The van der Waals surface area contributed by atoms with Crippen LogP contribution in [-0.2, 0) is 10.2 Å². The molecule has 0 aromatic heterocycles. The van der Waals surface area contributed by atoms with Crippen LogP contribution in [0.25, 0.3) is 6.08 Å². The minimum atomic E-state index is 0.187. The van der Waals surface area contributed by atoms with Gasteiger partial charge in [-0.3, -0.25) is 4.79 Å². The first-order valence-electron chi connectivity index (χ1n) is 6.81. The quantitative estimate of drug-likeness (QED) is 0.662. The van der Waals surface area contributed by atoms with Crippen LogP contribution >= 0.6 is 0 Å². The van der Waals surface area contributed by atoms with Crippen molar-refractivity contribution in [2.24, 2.45) is 0 Å². The molecule has 0 saturated heterocycles. The molecule has 0 spiro atoms. The largest absolute Gasteiger partial charge is 0.295 e. The molecule has 0 aliphatic heterocycles. The Bertz CT molecular complexity index is 457. The van der Waals surface area contributed by atoms with Gasteiger partial charge in [0.15, 0.2) is 5.78 Å². The van der Waals surface area contributed by atoms with Crippen molar-refractivity contribution in [3.8, 4) is 0 Å². The highest BCUT2D eigenvalue weighted by Crippen LogP contribution is 2.25. The number of allylic oxidation sites excluding steroid dienone is 1. The van der Waals surface area contributed by atoms with Crippen LogP contribution in [0.2, 0.25) is 0 Å². The molecule has 0 unspecified atom stereocenters. The summed E-state index contributed by atoms with van der Waals surface area (Å²) in [6, 6.07) is 8.57. The van der Waals surface area contributed by atoms with Gasteiger partial charge >= 0.3 is 0 Å². The molecule has 1 heteroatoms. The number of carbonyl (C=O) groups is 1. The zero-order chi connectivity index (χ0) is 13.2. The fourth-order valence-electron chi connectivity index (χ4n) is 2.33. The van der Waals surface area contributed by atoms with Gasteiger partial charge in [0.2, 0.25) is 0 Å². The van der Waals surface area contributed by atoms with Gasteiger partial charge in [0, 0.05) is 6.42 Å². The van der Waals surface area contributed by atoms with Crippen molar-refractivity contribution in [3.63, 3.8) is 0 Å². The molecule has 0 heterocycles. The van der Waals surface area contributed by atoms with E-state index in [-0.39, 0.29) is 5.41 Å². The predicted molar refractivity (Wildman–Crippen MR) is 76.6 cm³/mol. The Kier molecular flexibility index (Phi) is 3.70. The molecule has 18 heavy (non-hydrogen) atoms. The molecule has 2 rings (SSSR count). The maximum atomic E-state index is 11.8. The van der Waals surface area contributed by atoms with Crippen LogP contribution in [0, 0.1) is 0 Å². The number of hydrogen-bond donors (Lipinski definition) is 0. The van der Waals surface area contributed by atoms with Crippen molar-refractivity contribution in [1.29, 1.82) is 0 Å². The van der Waals surface area contributed by atoms with Gasteiger partial charge in [0.05, 0.1) is 0 Å².